The molecule has 1 atom stereocenters. The van der Waals surface area contributed by atoms with Gasteiger partial charge in [-0.05, 0) is 37.3 Å². The highest BCUT2D eigenvalue weighted by Crippen LogP contribution is 2.39. The van der Waals surface area contributed by atoms with E-state index in [1.54, 1.807) is 10.9 Å². The number of hydrogen-bond donors (Lipinski definition) is 2. The van der Waals surface area contributed by atoms with Crippen LogP contribution in [0.1, 0.15) is 63.8 Å². The maximum Gasteiger partial charge on any atom is 0.274 e. The first-order valence-corrected chi connectivity index (χ1v) is 10.8. The number of likely N-dealkylation sites (tertiary alicyclic amines) is 1. The van der Waals surface area contributed by atoms with E-state index in [2.05, 4.69) is 25.8 Å². The first-order chi connectivity index (χ1) is 15.2. The van der Waals surface area contributed by atoms with E-state index < -0.39 is 0 Å². The molecule has 1 saturated heterocycles. The Morgan fingerprint density at radius 1 is 1.13 bits per heavy atom. The summed E-state index contributed by atoms with van der Waals surface area (Å²) in [7, 11) is 0. The summed E-state index contributed by atoms with van der Waals surface area (Å²) in [4.78, 5) is 27.2. The molecule has 160 valence electrons. The van der Waals surface area contributed by atoms with Crippen LogP contribution in [0.2, 0.25) is 0 Å². The molecular formula is C22H25N7O2. The second kappa shape index (κ2) is 8.33. The van der Waals surface area contributed by atoms with E-state index in [1.807, 2.05) is 41.3 Å². The topological polar surface area (TPSA) is 109 Å². The minimum atomic E-state index is -0.265. The zero-order valence-electron chi connectivity index (χ0n) is 17.2. The van der Waals surface area contributed by atoms with Crippen molar-refractivity contribution >= 4 is 11.8 Å². The second-order valence-electron chi connectivity index (χ2n) is 8.27. The fourth-order valence-electron chi connectivity index (χ4n) is 4.07. The molecule has 5 rings (SSSR count). The SMILES string of the molecule is O=C(NCc1ccccc1)c1cn(C[C@@H]2CCCN2C(=O)c2cc(C3CC3)[nH]n2)nn1. The van der Waals surface area contributed by atoms with Gasteiger partial charge < -0.3 is 10.2 Å². The van der Waals surface area contributed by atoms with Crippen LogP contribution in [0.5, 0.6) is 0 Å². The fraction of sp³-hybridized carbons (Fsp3) is 0.409. The zero-order valence-corrected chi connectivity index (χ0v) is 17.2. The van der Waals surface area contributed by atoms with Crippen molar-refractivity contribution in [2.45, 2.75) is 50.7 Å². The average Bonchev–Trinajstić information content (AvgIpc) is 3.19. The Kier molecular flexibility index (Phi) is 5.23. The summed E-state index contributed by atoms with van der Waals surface area (Å²) in [5, 5.41) is 18.2. The second-order valence-corrected chi connectivity index (χ2v) is 8.27. The molecule has 9 heteroatoms. The third-order valence-electron chi connectivity index (χ3n) is 5.94. The van der Waals surface area contributed by atoms with Crippen molar-refractivity contribution in [3.05, 3.63) is 65.2 Å². The van der Waals surface area contributed by atoms with Crippen LogP contribution in [-0.2, 0) is 13.1 Å². The molecule has 2 amide bonds. The van der Waals surface area contributed by atoms with Crippen molar-refractivity contribution < 1.29 is 9.59 Å². The number of amides is 2. The smallest absolute Gasteiger partial charge is 0.274 e. The fourth-order valence-corrected chi connectivity index (χ4v) is 4.07. The summed E-state index contributed by atoms with van der Waals surface area (Å²) < 4.78 is 1.65. The summed E-state index contributed by atoms with van der Waals surface area (Å²) in [6, 6.07) is 11.6. The molecule has 2 N–H and O–H groups in total. The van der Waals surface area contributed by atoms with Gasteiger partial charge in [0, 0.05) is 24.7 Å². The number of H-pyrrole nitrogens is 1. The lowest BCUT2D eigenvalue weighted by atomic mass is 10.2. The number of aromatic nitrogens is 5. The Balaban J connectivity index is 1.19. The van der Waals surface area contributed by atoms with Crippen LogP contribution in [0.25, 0.3) is 0 Å². The molecule has 3 aromatic rings. The molecule has 2 fully saturated rings. The molecule has 2 aliphatic rings. The van der Waals surface area contributed by atoms with Crippen molar-refractivity contribution in [3.63, 3.8) is 0 Å². The number of hydrogen-bond acceptors (Lipinski definition) is 5. The van der Waals surface area contributed by atoms with E-state index in [1.165, 1.54) is 0 Å². The normalized spacial score (nSPS) is 18.3. The van der Waals surface area contributed by atoms with Crippen molar-refractivity contribution in [1.82, 2.24) is 35.4 Å². The van der Waals surface area contributed by atoms with Crippen LogP contribution >= 0.6 is 0 Å². The number of carbonyl (C=O) groups excluding carboxylic acids is 2. The zero-order chi connectivity index (χ0) is 21.2. The molecule has 0 unspecified atom stereocenters. The third kappa shape index (κ3) is 4.35. The Bertz CT molecular complexity index is 1070. The standard InChI is InChI=1S/C22H25N7O2/c30-21(23-12-15-5-2-1-3-6-15)20-14-28(27-26-20)13-17-7-4-10-29(17)22(31)19-11-18(24-25-19)16-8-9-16/h1-3,5-6,11,14,16-17H,4,7-10,12-13H2,(H,23,30)(H,24,25)/t17-/m0/s1. The molecule has 9 nitrogen and oxygen atoms in total. The van der Waals surface area contributed by atoms with Crippen molar-refractivity contribution in [3.8, 4) is 0 Å². The molecule has 31 heavy (non-hydrogen) atoms. The molecular weight excluding hydrogens is 394 g/mol. The van der Waals surface area contributed by atoms with Gasteiger partial charge in [0.15, 0.2) is 5.69 Å². The van der Waals surface area contributed by atoms with Crippen LogP contribution in [-0.4, -0.2) is 54.5 Å². The quantitative estimate of drug-likeness (QED) is 0.610. The van der Waals surface area contributed by atoms with Gasteiger partial charge in [-0.3, -0.25) is 14.7 Å². The van der Waals surface area contributed by atoms with Crippen molar-refractivity contribution in [2.24, 2.45) is 0 Å². The average molecular weight is 419 g/mol. The molecule has 0 radical (unpaired) electrons. The summed E-state index contributed by atoms with van der Waals surface area (Å²) in [5.74, 6) is 0.218. The number of nitrogens with one attached hydrogen (secondary N) is 2. The van der Waals surface area contributed by atoms with Gasteiger partial charge in [-0.25, -0.2) is 4.68 Å². The van der Waals surface area contributed by atoms with Gasteiger partial charge in [-0.1, -0.05) is 35.5 Å². The maximum atomic E-state index is 13.0. The van der Waals surface area contributed by atoms with Crippen LogP contribution in [0, 0.1) is 0 Å². The predicted molar refractivity (Wildman–Crippen MR) is 112 cm³/mol. The van der Waals surface area contributed by atoms with Crippen molar-refractivity contribution in [2.75, 3.05) is 6.54 Å². The number of carbonyl (C=O) groups is 2. The molecule has 1 aliphatic heterocycles. The van der Waals surface area contributed by atoms with Gasteiger partial charge in [0.2, 0.25) is 0 Å². The Hall–Kier alpha value is -3.49. The monoisotopic (exact) mass is 419 g/mol. The highest BCUT2D eigenvalue weighted by molar-refractivity contribution is 5.93. The van der Waals surface area contributed by atoms with Gasteiger partial charge in [-0.15, -0.1) is 5.10 Å². The highest BCUT2D eigenvalue weighted by atomic mass is 16.2. The van der Waals surface area contributed by atoms with Crippen LogP contribution in [0.3, 0.4) is 0 Å². The lowest BCUT2D eigenvalue weighted by molar-refractivity contribution is 0.0714. The third-order valence-corrected chi connectivity index (χ3v) is 5.94. The van der Waals surface area contributed by atoms with E-state index in [9.17, 15) is 9.59 Å². The predicted octanol–water partition coefficient (Wildman–Crippen LogP) is 2.11. The maximum absolute atomic E-state index is 13.0. The molecule has 2 aromatic heterocycles. The van der Waals surface area contributed by atoms with Gasteiger partial charge in [0.05, 0.1) is 18.8 Å². The summed E-state index contributed by atoms with van der Waals surface area (Å²) >= 11 is 0. The molecule has 1 aromatic carbocycles. The lowest BCUT2D eigenvalue weighted by Crippen LogP contribution is -2.38. The summed E-state index contributed by atoms with van der Waals surface area (Å²) in [6.45, 7) is 1.64. The van der Waals surface area contributed by atoms with Gasteiger partial charge in [0.25, 0.3) is 11.8 Å². The number of aromatic amines is 1. The summed E-state index contributed by atoms with van der Waals surface area (Å²) in [6.07, 6.45) is 5.79. The first kappa shape index (κ1) is 19.5. The highest BCUT2D eigenvalue weighted by Gasteiger charge is 2.33. The van der Waals surface area contributed by atoms with Gasteiger partial charge in [-0.2, -0.15) is 5.10 Å². The molecule has 1 aliphatic carbocycles. The Morgan fingerprint density at radius 2 is 1.97 bits per heavy atom. The minimum absolute atomic E-state index is 0.00973. The molecule has 1 saturated carbocycles. The number of nitrogens with zero attached hydrogens (tertiary/aromatic N) is 5. The van der Waals surface area contributed by atoms with Crippen LogP contribution in [0.15, 0.2) is 42.6 Å². The number of benzene rings is 1. The van der Waals surface area contributed by atoms with E-state index in [4.69, 9.17) is 0 Å². The molecule has 0 spiro atoms. The largest absolute Gasteiger partial charge is 0.347 e. The Labute approximate surface area is 179 Å². The molecule has 3 heterocycles. The number of rotatable bonds is 7. The van der Waals surface area contributed by atoms with Crippen LogP contribution in [0.4, 0.5) is 0 Å². The molecule has 0 bridgehead atoms. The van der Waals surface area contributed by atoms with E-state index >= 15 is 0 Å². The lowest BCUT2D eigenvalue weighted by Gasteiger charge is -2.23. The van der Waals surface area contributed by atoms with E-state index in [0.29, 0.717) is 31.2 Å². The summed E-state index contributed by atoms with van der Waals surface area (Å²) in [5.41, 5.74) is 2.83. The van der Waals surface area contributed by atoms with E-state index in [-0.39, 0.29) is 23.6 Å². The first-order valence-electron chi connectivity index (χ1n) is 10.8. The Morgan fingerprint density at radius 3 is 2.77 bits per heavy atom. The van der Waals surface area contributed by atoms with Gasteiger partial charge >= 0.3 is 0 Å². The van der Waals surface area contributed by atoms with E-state index in [0.717, 1.165) is 36.9 Å². The van der Waals surface area contributed by atoms with Gasteiger partial charge in [0.1, 0.15) is 5.69 Å². The minimum Gasteiger partial charge on any atom is -0.347 e. The van der Waals surface area contributed by atoms with Crippen LogP contribution < -0.4 is 5.32 Å². The van der Waals surface area contributed by atoms with Crippen molar-refractivity contribution in [1.29, 1.82) is 0 Å².